The summed E-state index contributed by atoms with van der Waals surface area (Å²) in [5.41, 5.74) is 6.42. The average molecular weight is 715 g/mol. The van der Waals surface area contributed by atoms with E-state index >= 15 is 0 Å². The van der Waals surface area contributed by atoms with Gasteiger partial charge in [-0.2, -0.15) is 0 Å². The summed E-state index contributed by atoms with van der Waals surface area (Å²) in [6.45, 7) is 8.43. The predicted molar refractivity (Wildman–Crippen MR) is 184 cm³/mol. The highest BCUT2D eigenvalue weighted by atomic mass is 127. The fraction of sp³-hybridized carbons (Fsp3) is 0.171. The van der Waals surface area contributed by atoms with Crippen molar-refractivity contribution in [2.24, 2.45) is 4.99 Å². The van der Waals surface area contributed by atoms with Crippen LogP contribution in [-0.2, 0) is 4.79 Å². The van der Waals surface area contributed by atoms with Gasteiger partial charge in [-0.05, 0) is 122 Å². The molecule has 3 heterocycles. The number of anilines is 1. The van der Waals surface area contributed by atoms with Gasteiger partial charge in [-0.3, -0.25) is 14.2 Å². The Kier molecular flexibility index (Phi) is 8.42. The zero-order chi connectivity index (χ0) is 31.0. The second kappa shape index (κ2) is 12.4. The zero-order valence-electron chi connectivity index (χ0n) is 24.8. The molecule has 6 rings (SSSR count). The van der Waals surface area contributed by atoms with Gasteiger partial charge in [-0.15, -0.1) is 0 Å². The molecule has 0 saturated heterocycles. The lowest BCUT2D eigenvalue weighted by atomic mass is 9.95. The normalized spacial score (nSPS) is 14.8. The Hall–Kier alpha value is -4.22. The molecular formula is C35H31IN4O3S. The molecule has 0 radical (unpaired) electrons. The van der Waals surface area contributed by atoms with Crippen LogP contribution in [0, 0.1) is 17.4 Å². The van der Waals surface area contributed by atoms with E-state index in [1.807, 2.05) is 74.5 Å². The first-order chi connectivity index (χ1) is 21.2. The van der Waals surface area contributed by atoms with E-state index in [2.05, 4.69) is 76.7 Å². The van der Waals surface area contributed by atoms with Crippen LogP contribution in [0.2, 0.25) is 0 Å². The molecule has 1 atom stereocenters. The third-order valence-electron chi connectivity index (χ3n) is 7.65. The molecule has 3 aromatic carbocycles. The smallest absolute Gasteiger partial charge is 0.271 e. The summed E-state index contributed by atoms with van der Waals surface area (Å²) in [6.07, 6.45) is 1.94. The van der Waals surface area contributed by atoms with Crippen LogP contribution in [0.4, 0.5) is 5.69 Å². The number of hydrogen-bond acceptors (Lipinski definition) is 5. The number of allylic oxidation sites excluding steroid dienone is 1. The minimum absolute atomic E-state index is 0.191. The molecule has 9 heteroatoms. The Bertz CT molecular complexity index is 2070. The molecule has 0 aliphatic carbocycles. The number of ether oxygens (including phenoxy) is 1. The molecule has 1 aliphatic rings. The first-order valence-electron chi connectivity index (χ1n) is 14.3. The Balaban J connectivity index is 1.48. The molecule has 0 spiro atoms. The number of thiazole rings is 1. The number of para-hydroxylation sites is 1. The van der Waals surface area contributed by atoms with Crippen LogP contribution >= 0.6 is 33.9 Å². The molecule has 5 aromatic rings. The standard InChI is InChI=1S/C35H31IN4O3S/c1-5-43-29-17-11-24(12-18-29)32-31(33(41)38-27-9-7-6-8-10-27)22(3)37-35-40(32)34(42)30(44-35)20-25-19-21(2)39(23(25)4)28-15-13-26(36)14-16-28/h6-20,32H,5H2,1-4H3,(H,38,41)/b30-20-/t32-/m1/s1. The van der Waals surface area contributed by atoms with Crippen molar-refractivity contribution in [1.82, 2.24) is 9.13 Å². The number of aromatic nitrogens is 2. The van der Waals surface area contributed by atoms with Gasteiger partial charge in [0.25, 0.3) is 11.5 Å². The fourth-order valence-corrected chi connectivity index (χ4v) is 7.02. The van der Waals surface area contributed by atoms with Crippen molar-refractivity contribution in [2.45, 2.75) is 33.7 Å². The topological polar surface area (TPSA) is 77.6 Å². The van der Waals surface area contributed by atoms with Crippen molar-refractivity contribution in [3.8, 4) is 11.4 Å². The van der Waals surface area contributed by atoms with Gasteiger partial charge in [0.05, 0.1) is 28.5 Å². The van der Waals surface area contributed by atoms with Crippen molar-refractivity contribution in [1.29, 1.82) is 0 Å². The maximum Gasteiger partial charge on any atom is 0.271 e. The lowest BCUT2D eigenvalue weighted by Crippen LogP contribution is -2.40. The molecular weight excluding hydrogens is 683 g/mol. The fourth-order valence-electron chi connectivity index (χ4n) is 5.62. The predicted octanol–water partition coefficient (Wildman–Crippen LogP) is 6.28. The molecule has 44 heavy (non-hydrogen) atoms. The van der Waals surface area contributed by atoms with E-state index in [9.17, 15) is 9.59 Å². The number of carbonyl (C=O) groups excluding carboxylic acids is 1. The van der Waals surface area contributed by atoms with Gasteiger partial charge in [0.1, 0.15) is 5.75 Å². The summed E-state index contributed by atoms with van der Waals surface area (Å²) in [6, 6.07) is 26.7. The molecule has 0 unspecified atom stereocenters. The van der Waals surface area contributed by atoms with Crippen LogP contribution in [0.1, 0.15) is 42.4 Å². The van der Waals surface area contributed by atoms with Crippen LogP contribution < -0.4 is 24.9 Å². The number of aryl methyl sites for hydroxylation is 1. The van der Waals surface area contributed by atoms with Gasteiger partial charge >= 0.3 is 0 Å². The lowest BCUT2D eigenvalue weighted by Gasteiger charge is -2.25. The van der Waals surface area contributed by atoms with Gasteiger partial charge in [-0.25, -0.2) is 4.99 Å². The highest BCUT2D eigenvalue weighted by Gasteiger charge is 2.32. The summed E-state index contributed by atoms with van der Waals surface area (Å²) in [5, 5.41) is 3.00. The highest BCUT2D eigenvalue weighted by molar-refractivity contribution is 14.1. The third-order valence-corrected chi connectivity index (χ3v) is 9.35. The van der Waals surface area contributed by atoms with Crippen LogP contribution in [0.5, 0.6) is 5.75 Å². The number of benzene rings is 3. The maximum atomic E-state index is 14.2. The van der Waals surface area contributed by atoms with Gasteiger partial charge in [0.2, 0.25) is 0 Å². The Labute approximate surface area is 273 Å². The maximum absolute atomic E-state index is 14.2. The first-order valence-corrected chi connectivity index (χ1v) is 16.2. The van der Waals surface area contributed by atoms with E-state index in [1.165, 1.54) is 14.9 Å². The Morgan fingerprint density at radius 3 is 2.41 bits per heavy atom. The second-order valence-corrected chi connectivity index (χ2v) is 12.8. The van der Waals surface area contributed by atoms with E-state index in [4.69, 9.17) is 9.73 Å². The summed E-state index contributed by atoms with van der Waals surface area (Å²) < 4.78 is 11.2. The van der Waals surface area contributed by atoms with Gasteiger partial charge < -0.3 is 14.6 Å². The van der Waals surface area contributed by atoms with E-state index in [-0.39, 0.29) is 11.5 Å². The van der Waals surface area contributed by atoms with E-state index in [1.54, 1.807) is 4.57 Å². The quantitative estimate of drug-likeness (QED) is 0.202. The average Bonchev–Trinajstić information content (AvgIpc) is 3.47. The van der Waals surface area contributed by atoms with Crippen LogP contribution in [-0.4, -0.2) is 21.6 Å². The number of nitrogens with zero attached hydrogens (tertiary/aromatic N) is 3. The molecule has 2 aromatic heterocycles. The molecule has 0 bridgehead atoms. The third kappa shape index (κ3) is 5.69. The SMILES string of the molecule is CCOc1ccc([C@@H]2C(C(=O)Nc3ccccc3)=C(C)N=c3s/c(=C\c4cc(C)n(-c5ccc(I)cc5)c4C)c(=O)n32)cc1. The number of fused-ring (bicyclic) bond motifs is 1. The summed E-state index contributed by atoms with van der Waals surface area (Å²) in [4.78, 5) is 33.4. The van der Waals surface area contributed by atoms with E-state index < -0.39 is 6.04 Å². The molecule has 1 amide bonds. The zero-order valence-corrected chi connectivity index (χ0v) is 27.8. The number of carbonyl (C=O) groups is 1. The second-order valence-electron chi connectivity index (χ2n) is 10.5. The minimum atomic E-state index is -0.660. The number of halogens is 1. The van der Waals surface area contributed by atoms with Crippen molar-refractivity contribution in [2.75, 3.05) is 11.9 Å². The number of nitrogens with one attached hydrogen (secondary N) is 1. The largest absolute Gasteiger partial charge is 0.494 e. The summed E-state index contributed by atoms with van der Waals surface area (Å²) in [7, 11) is 0. The Morgan fingerprint density at radius 1 is 1.02 bits per heavy atom. The first kappa shape index (κ1) is 29.8. The highest BCUT2D eigenvalue weighted by Crippen LogP contribution is 2.32. The summed E-state index contributed by atoms with van der Waals surface area (Å²) >= 11 is 3.64. The molecule has 1 aliphatic heterocycles. The molecule has 1 N–H and O–H groups in total. The minimum Gasteiger partial charge on any atom is -0.494 e. The molecule has 222 valence electrons. The van der Waals surface area contributed by atoms with Crippen molar-refractivity contribution in [3.05, 3.63) is 142 Å². The molecule has 7 nitrogen and oxygen atoms in total. The van der Waals surface area contributed by atoms with Gasteiger partial charge in [-0.1, -0.05) is 41.7 Å². The lowest BCUT2D eigenvalue weighted by molar-refractivity contribution is -0.113. The number of rotatable bonds is 7. The van der Waals surface area contributed by atoms with Crippen molar-refractivity contribution < 1.29 is 9.53 Å². The van der Waals surface area contributed by atoms with E-state index in [0.29, 0.717) is 32.9 Å². The van der Waals surface area contributed by atoms with Crippen LogP contribution in [0.3, 0.4) is 0 Å². The van der Waals surface area contributed by atoms with E-state index in [0.717, 1.165) is 34.0 Å². The van der Waals surface area contributed by atoms with Gasteiger partial charge in [0.15, 0.2) is 4.80 Å². The number of amides is 1. The monoisotopic (exact) mass is 714 g/mol. The van der Waals surface area contributed by atoms with Crippen LogP contribution in [0.25, 0.3) is 11.8 Å². The Morgan fingerprint density at radius 2 is 1.73 bits per heavy atom. The van der Waals surface area contributed by atoms with Crippen molar-refractivity contribution in [3.63, 3.8) is 0 Å². The number of hydrogen-bond donors (Lipinski definition) is 1. The van der Waals surface area contributed by atoms with Crippen LogP contribution in [0.15, 0.2) is 106 Å². The van der Waals surface area contributed by atoms with Gasteiger partial charge in [0, 0.05) is 26.3 Å². The van der Waals surface area contributed by atoms with Crippen molar-refractivity contribution >= 4 is 51.6 Å². The molecule has 0 fully saturated rings. The summed E-state index contributed by atoms with van der Waals surface area (Å²) in [5.74, 6) is 0.426. The molecule has 0 saturated carbocycles.